The lowest BCUT2D eigenvalue weighted by molar-refractivity contribution is 0.0972. The van der Waals surface area contributed by atoms with Crippen molar-refractivity contribution in [1.29, 1.82) is 0 Å². The molecule has 2 atom stereocenters. The molecule has 1 aromatic heterocycles. The lowest BCUT2D eigenvalue weighted by Gasteiger charge is -2.23. The van der Waals surface area contributed by atoms with E-state index in [9.17, 15) is 13.5 Å². The Morgan fingerprint density at radius 1 is 1.24 bits per heavy atom. The molecule has 2 unspecified atom stereocenters. The van der Waals surface area contributed by atoms with Crippen LogP contribution in [0.2, 0.25) is 0 Å². The third kappa shape index (κ3) is 3.43. The molecule has 1 aliphatic carbocycles. The maximum Gasteiger partial charge on any atom is 0.264 e. The van der Waals surface area contributed by atoms with Gasteiger partial charge in [0.2, 0.25) is 0 Å². The van der Waals surface area contributed by atoms with Gasteiger partial charge in [0.15, 0.2) is 0 Å². The fourth-order valence-corrected chi connectivity index (χ4v) is 4.69. The van der Waals surface area contributed by atoms with Gasteiger partial charge in [0.05, 0.1) is 23.5 Å². The highest BCUT2D eigenvalue weighted by atomic mass is 35.7. The van der Waals surface area contributed by atoms with Crippen LogP contribution < -0.4 is 0 Å². The molecule has 0 spiro atoms. The van der Waals surface area contributed by atoms with Crippen LogP contribution in [0.5, 0.6) is 0 Å². The van der Waals surface area contributed by atoms with Crippen molar-refractivity contribution in [1.82, 2.24) is 9.78 Å². The molecule has 2 rings (SSSR count). The summed E-state index contributed by atoms with van der Waals surface area (Å²) in [6.45, 7) is 3.75. The molecular formula is C14H23ClN2O3S. The SMILES string of the molecule is CCc1nn(C2CCCCCC2O)c(CC)c1S(=O)(=O)Cl. The number of hydrogen-bond donors (Lipinski definition) is 1. The van der Waals surface area contributed by atoms with Gasteiger partial charge in [0, 0.05) is 10.7 Å². The zero-order valence-corrected chi connectivity index (χ0v) is 14.1. The van der Waals surface area contributed by atoms with Crippen LogP contribution in [0.25, 0.3) is 0 Å². The minimum absolute atomic E-state index is 0.144. The fraction of sp³-hybridized carbons (Fsp3) is 0.786. The standard InChI is InChI=1S/C14H23ClN2O3S/c1-3-10-14(21(15,19)20)11(4-2)17(16-10)12-8-6-5-7-9-13(12)18/h12-13,18H,3-9H2,1-2H3. The van der Waals surface area contributed by atoms with Crippen LogP contribution in [-0.4, -0.2) is 29.4 Å². The zero-order valence-electron chi connectivity index (χ0n) is 12.5. The quantitative estimate of drug-likeness (QED) is 0.679. The monoisotopic (exact) mass is 334 g/mol. The van der Waals surface area contributed by atoms with Crippen LogP contribution in [0.15, 0.2) is 4.90 Å². The van der Waals surface area contributed by atoms with Crippen molar-refractivity contribution in [3.05, 3.63) is 11.4 Å². The smallest absolute Gasteiger partial charge is 0.264 e. The minimum Gasteiger partial charge on any atom is -0.391 e. The van der Waals surface area contributed by atoms with E-state index in [0.29, 0.717) is 24.2 Å². The average Bonchev–Trinajstić information content (AvgIpc) is 2.68. The molecule has 0 aliphatic heterocycles. The molecule has 21 heavy (non-hydrogen) atoms. The first-order valence-electron chi connectivity index (χ1n) is 7.63. The van der Waals surface area contributed by atoms with E-state index in [4.69, 9.17) is 10.7 Å². The number of halogens is 1. The van der Waals surface area contributed by atoms with Gasteiger partial charge < -0.3 is 5.11 Å². The predicted molar refractivity (Wildman–Crippen MR) is 82.2 cm³/mol. The number of aromatic nitrogens is 2. The van der Waals surface area contributed by atoms with E-state index >= 15 is 0 Å². The Labute approximate surface area is 130 Å². The molecule has 1 fully saturated rings. The van der Waals surface area contributed by atoms with Crippen molar-refractivity contribution in [2.75, 3.05) is 0 Å². The van der Waals surface area contributed by atoms with Gasteiger partial charge in [-0.1, -0.05) is 33.1 Å². The van der Waals surface area contributed by atoms with Gasteiger partial charge in [-0.05, 0) is 25.7 Å². The van der Waals surface area contributed by atoms with Gasteiger partial charge in [0.1, 0.15) is 4.90 Å². The summed E-state index contributed by atoms with van der Waals surface area (Å²) in [5.74, 6) is 0. The summed E-state index contributed by atoms with van der Waals surface area (Å²) in [6, 6.07) is -0.153. The average molecular weight is 335 g/mol. The van der Waals surface area contributed by atoms with Gasteiger partial charge in [-0.15, -0.1) is 0 Å². The summed E-state index contributed by atoms with van der Waals surface area (Å²) < 4.78 is 25.5. The summed E-state index contributed by atoms with van der Waals surface area (Å²) in [5.41, 5.74) is 1.12. The topological polar surface area (TPSA) is 72.2 Å². The van der Waals surface area contributed by atoms with Gasteiger partial charge >= 0.3 is 0 Å². The molecule has 1 aromatic rings. The van der Waals surface area contributed by atoms with Crippen LogP contribution in [0.1, 0.15) is 63.4 Å². The fourth-order valence-electron chi connectivity index (χ4n) is 3.17. The highest BCUT2D eigenvalue weighted by molar-refractivity contribution is 8.13. The molecule has 0 bridgehead atoms. The lowest BCUT2D eigenvalue weighted by atomic mass is 10.1. The van der Waals surface area contributed by atoms with E-state index in [1.54, 1.807) is 4.68 Å². The van der Waals surface area contributed by atoms with Gasteiger partial charge in [0.25, 0.3) is 9.05 Å². The largest absolute Gasteiger partial charge is 0.391 e. The van der Waals surface area contributed by atoms with E-state index < -0.39 is 15.2 Å². The zero-order chi connectivity index (χ0) is 15.6. The third-order valence-corrected chi connectivity index (χ3v) is 5.62. The van der Waals surface area contributed by atoms with Crippen molar-refractivity contribution in [3.8, 4) is 0 Å². The van der Waals surface area contributed by atoms with E-state index in [0.717, 1.165) is 32.1 Å². The van der Waals surface area contributed by atoms with E-state index in [2.05, 4.69) is 5.10 Å². The summed E-state index contributed by atoms with van der Waals surface area (Å²) in [7, 11) is 1.78. The lowest BCUT2D eigenvalue weighted by Crippen LogP contribution is -2.25. The first-order chi connectivity index (χ1) is 9.90. The van der Waals surface area contributed by atoms with E-state index in [1.807, 2.05) is 13.8 Å². The highest BCUT2D eigenvalue weighted by Crippen LogP contribution is 2.33. The molecule has 1 N–H and O–H groups in total. The third-order valence-electron chi connectivity index (χ3n) is 4.20. The van der Waals surface area contributed by atoms with Crippen molar-refractivity contribution in [2.24, 2.45) is 0 Å². The maximum atomic E-state index is 11.9. The molecular weight excluding hydrogens is 312 g/mol. The molecule has 7 heteroatoms. The van der Waals surface area contributed by atoms with E-state index in [1.165, 1.54) is 0 Å². The van der Waals surface area contributed by atoms with Crippen molar-refractivity contribution >= 4 is 19.7 Å². The van der Waals surface area contributed by atoms with Crippen molar-refractivity contribution < 1.29 is 13.5 Å². The van der Waals surface area contributed by atoms with E-state index in [-0.39, 0.29) is 10.9 Å². The number of hydrogen-bond acceptors (Lipinski definition) is 4. The van der Waals surface area contributed by atoms with Crippen LogP contribution in [0, 0.1) is 0 Å². The Bertz CT molecular complexity index is 598. The Balaban J connectivity index is 2.55. The second-order valence-corrected chi connectivity index (χ2v) is 8.09. The van der Waals surface area contributed by atoms with Crippen LogP contribution >= 0.6 is 10.7 Å². The maximum absolute atomic E-state index is 11.9. The Hall–Kier alpha value is -0.590. The summed E-state index contributed by atoms with van der Waals surface area (Å²) in [6.07, 6.45) is 5.22. The molecule has 120 valence electrons. The molecule has 0 aromatic carbocycles. The summed E-state index contributed by atoms with van der Waals surface area (Å²) >= 11 is 0. The Kier molecular flexibility index (Phi) is 5.33. The Morgan fingerprint density at radius 2 is 1.90 bits per heavy atom. The van der Waals surface area contributed by atoms with Gasteiger partial charge in [-0.25, -0.2) is 8.42 Å². The van der Waals surface area contributed by atoms with Gasteiger partial charge in [-0.3, -0.25) is 4.68 Å². The molecule has 1 aliphatic rings. The van der Waals surface area contributed by atoms with Crippen molar-refractivity contribution in [2.45, 2.75) is 75.8 Å². The highest BCUT2D eigenvalue weighted by Gasteiger charge is 2.31. The number of aliphatic hydroxyl groups excluding tert-OH is 1. The molecule has 0 amide bonds. The number of rotatable bonds is 4. The number of nitrogens with zero attached hydrogens (tertiary/aromatic N) is 2. The normalized spacial score (nSPS) is 24.0. The molecule has 5 nitrogen and oxygen atoms in total. The summed E-state index contributed by atoms with van der Waals surface area (Å²) in [5, 5.41) is 14.8. The van der Waals surface area contributed by atoms with Crippen LogP contribution in [0.4, 0.5) is 0 Å². The predicted octanol–water partition coefficient (Wildman–Crippen LogP) is 2.80. The second-order valence-electron chi connectivity index (χ2n) is 5.58. The molecule has 0 radical (unpaired) electrons. The van der Waals surface area contributed by atoms with Crippen LogP contribution in [-0.2, 0) is 21.9 Å². The first kappa shape index (κ1) is 16.8. The second kappa shape index (κ2) is 6.67. The first-order valence-corrected chi connectivity index (χ1v) is 9.94. The molecule has 0 saturated heterocycles. The number of aryl methyl sites for hydroxylation is 1. The van der Waals surface area contributed by atoms with Crippen LogP contribution in [0.3, 0.4) is 0 Å². The number of aliphatic hydroxyl groups is 1. The minimum atomic E-state index is -3.83. The van der Waals surface area contributed by atoms with Crippen molar-refractivity contribution in [3.63, 3.8) is 0 Å². The molecule has 1 heterocycles. The molecule has 1 saturated carbocycles. The summed E-state index contributed by atoms with van der Waals surface area (Å²) in [4.78, 5) is 0.144. The van der Waals surface area contributed by atoms with Gasteiger partial charge in [-0.2, -0.15) is 5.10 Å². The Morgan fingerprint density at radius 3 is 2.48 bits per heavy atom.